The number of anilines is 2. The van der Waals surface area contributed by atoms with E-state index >= 15 is 0 Å². The fraction of sp³-hybridized carbons (Fsp3) is 0.105. The number of carbonyl (C=O) groups excluding carboxylic acids is 1. The number of halogens is 4. The molecule has 10 heteroatoms. The van der Waals surface area contributed by atoms with Gasteiger partial charge in [-0.15, -0.1) is 0 Å². The van der Waals surface area contributed by atoms with Gasteiger partial charge in [0.15, 0.2) is 5.75 Å². The second-order valence-electron chi connectivity index (χ2n) is 5.80. The molecule has 1 aromatic carbocycles. The van der Waals surface area contributed by atoms with Crippen molar-refractivity contribution in [3.05, 3.63) is 77.2 Å². The van der Waals surface area contributed by atoms with Crippen LogP contribution >= 0.6 is 11.6 Å². The van der Waals surface area contributed by atoms with Gasteiger partial charge in [0, 0.05) is 29.6 Å². The molecular formula is C19H14ClF3N4O2. The van der Waals surface area contributed by atoms with Crippen LogP contribution in [0, 0.1) is 0 Å². The Balaban J connectivity index is 1.74. The third-order valence-electron chi connectivity index (χ3n) is 3.66. The van der Waals surface area contributed by atoms with Gasteiger partial charge in [0.05, 0.1) is 6.20 Å². The highest BCUT2D eigenvalue weighted by molar-refractivity contribution is 6.30. The van der Waals surface area contributed by atoms with Crippen LogP contribution < -0.4 is 15.4 Å². The van der Waals surface area contributed by atoms with Crippen LogP contribution in [0.25, 0.3) is 0 Å². The lowest BCUT2D eigenvalue weighted by molar-refractivity contribution is -0.138. The summed E-state index contributed by atoms with van der Waals surface area (Å²) >= 11 is 5.86. The molecule has 6 nitrogen and oxygen atoms in total. The maximum Gasteiger partial charge on any atom is 0.420 e. The third kappa shape index (κ3) is 5.82. The van der Waals surface area contributed by atoms with E-state index in [1.807, 2.05) is 0 Å². The minimum Gasteiger partial charge on any atom is -0.408 e. The number of nitrogens with zero attached hydrogens (tertiary/aromatic N) is 2. The molecule has 0 aliphatic rings. The summed E-state index contributed by atoms with van der Waals surface area (Å²) in [4.78, 5) is 19.6. The lowest BCUT2D eigenvalue weighted by Gasteiger charge is -2.15. The van der Waals surface area contributed by atoms with Crippen LogP contribution in [-0.4, -0.2) is 16.1 Å². The van der Waals surface area contributed by atoms with E-state index in [1.165, 1.54) is 18.5 Å². The van der Waals surface area contributed by atoms with Crippen LogP contribution in [0.4, 0.5) is 29.5 Å². The van der Waals surface area contributed by atoms with Crippen LogP contribution in [-0.2, 0) is 12.7 Å². The Bertz CT molecular complexity index is 1000. The van der Waals surface area contributed by atoms with Crippen molar-refractivity contribution >= 4 is 29.2 Å². The summed E-state index contributed by atoms with van der Waals surface area (Å²) in [6.07, 6.45) is -1.90. The maximum absolute atomic E-state index is 13.4. The highest BCUT2D eigenvalue weighted by Crippen LogP contribution is 2.37. The number of benzene rings is 1. The molecule has 0 aliphatic heterocycles. The van der Waals surface area contributed by atoms with Crippen molar-refractivity contribution < 1.29 is 22.7 Å². The van der Waals surface area contributed by atoms with Gasteiger partial charge < -0.3 is 15.4 Å². The Kier molecular flexibility index (Phi) is 6.18. The zero-order valence-electron chi connectivity index (χ0n) is 14.7. The second kappa shape index (κ2) is 8.78. The van der Waals surface area contributed by atoms with Gasteiger partial charge in [-0.25, -0.2) is 9.78 Å². The summed E-state index contributed by atoms with van der Waals surface area (Å²) in [5, 5.41) is 5.51. The number of nitrogens with one attached hydrogen (secondary N) is 2. The molecule has 0 atom stereocenters. The first-order chi connectivity index (χ1) is 13.8. The Morgan fingerprint density at radius 2 is 1.90 bits per heavy atom. The molecular weight excluding hydrogens is 409 g/mol. The molecule has 0 radical (unpaired) electrons. The quantitative estimate of drug-likeness (QED) is 0.592. The van der Waals surface area contributed by atoms with Gasteiger partial charge in [-0.2, -0.15) is 13.2 Å². The van der Waals surface area contributed by atoms with Crippen molar-refractivity contribution in [1.82, 2.24) is 15.3 Å². The fourth-order valence-corrected chi connectivity index (χ4v) is 2.53. The highest BCUT2D eigenvalue weighted by atomic mass is 35.5. The van der Waals surface area contributed by atoms with Gasteiger partial charge in [-0.1, -0.05) is 17.7 Å². The summed E-state index contributed by atoms with van der Waals surface area (Å²) in [5.74, 6) is -0.787. The highest BCUT2D eigenvalue weighted by Gasteiger charge is 2.36. The number of ether oxygens (including phenoxy) is 1. The Morgan fingerprint density at radius 1 is 1.14 bits per heavy atom. The van der Waals surface area contributed by atoms with Gasteiger partial charge in [0.1, 0.15) is 11.4 Å². The number of aromatic nitrogens is 2. The predicted octanol–water partition coefficient (Wildman–Crippen LogP) is 5.18. The van der Waals surface area contributed by atoms with Crippen LogP contribution in [0.5, 0.6) is 5.75 Å². The lowest BCUT2D eigenvalue weighted by atomic mass is 10.2. The zero-order valence-corrected chi connectivity index (χ0v) is 15.5. The van der Waals surface area contributed by atoms with E-state index in [1.54, 1.807) is 30.3 Å². The lowest BCUT2D eigenvalue weighted by Crippen LogP contribution is -2.27. The van der Waals surface area contributed by atoms with E-state index in [0.717, 1.165) is 12.3 Å². The number of alkyl halides is 3. The van der Waals surface area contributed by atoms with Crippen LogP contribution in [0.3, 0.4) is 0 Å². The number of carbonyl (C=O) groups is 1. The molecule has 29 heavy (non-hydrogen) atoms. The van der Waals surface area contributed by atoms with Gasteiger partial charge >= 0.3 is 12.3 Å². The van der Waals surface area contributed by atoms with Gasteiger partial charge in [0.25, 0.3) is 0 Å². The van der Waals surface area contributed by atoms with E-state index in [0.29, 0.717) is 16.3 Å². The van der Waals surface area contributed by atoms with Crippen molar-refractivity contribution in [2.45, 2.75) is 12.7 Å². The minimum atomic E-state index is -4.76. The zero-order chi connectivity index (χ0) is 20.9. The van der Waals surface area contributed by atoms with Crippen molar-refractivity contribution in [1.29, 1.82) is 0 Å². The predicted molar refractivity (Wildman–Crippen MR) is 101 cm³/mol. The molecule has 0 saturated carbocycles. The molecule has 1 amide bonds. The number of hydrogen-bond donors (Lipinski definition) is 2. The normalized spacial score (nSPS) is 11.0. The first-order valence-electron chi connectivity index (χ1n) is 8.26. The van der Waals surface area contributed by atoms with E-state index in [4.69, 9.17) is 16.3 Å². The van der Waals surface area contributed by atoms with Crippen molar-refractivity contribution in [3.63, 3.8) is 0 Å². The molecule has 0 aliphatic carbocycles. The number of amides is 1. The molecule has 0 spiro atoms. The first-order valence-corrected chi connectivity index (χ1v) is 8.63. The number of pyridine rings is 2. The molecule has 0 fully saturated rings. The first kappa shape index (κ1) is 20.4. The molecule has 2 heterocycles. The smallest absolute Gasteiger partial charge is 0.408 e. The van der Waals surface area contributed by atoms with Crippen molar-refractivity contribution in [2.75, 3.05) is 5.32 Å². The summed E-state index contributed by atoms with van der Waals surface area (Å²) < 4.78 is 45.1. The van der Waals surface area contributed by atoms with Crippen LogP contribution in [0.15, 0.2) is 61.1 Å². The molecule has 3 aromatic rings. The molecule has 0 saturated heterocycles. The van der Waals surface area contributed by atoms with Gasteiger partial charge in [0.2, 0.25) is 0 Å². The van der Waals surface area contributed by atoms with E-state index in [-0.39, 0.29) is 12.4 Å². The van der Waals surface area contributed by atoms with E-state index < -0.39 is 23.6 Å². The summed E-state index contributed by atoms with van der Waals surface area (Å²) in [5.41, 5.74) is 0.0326. The number of rotatable bonds is 5. The Hall–Kier alpha value is -3.33. The molecule has 2 N–H and O–H groups in total. The Labute approximate surface area is 168 Å². The van der Waals surface area contributed by atoms with Crippen LogP contribution in [0.2, 0.25) is 5.02 Å². The van der Waals surface area contributed by atoms with E-state index in [9.17, 15) is 18.0 Å². The maximum atomic E-state index is 13.4. The largest absolute Gasteiger partial charge is 0.420 e. The molecule has 0 bridgehead atoms. The van der Waals surface area contributed by atoms with Crippen molar-refractivity contribution in [2.24, 2.45) is 0 Å². The summed E-state index contributed by atoms with van der Waals surface area (Å²) in [6.45, 7) is 0.0739. The summed E-state index contributed by atoms with van der Waals surface area (Å²) in [7, 11) is 0. The summed E-state index contributed by atoms with van der Waals surface area (Å²) in [6, 6.07) is 10.5. The standard InChI is InChI=1S/C19H14ClF3N4O2/c20-13-2-1-3-14(8-13)27-17-9-15(19(21,22)23)16(11-25-17)29-18(28)26-10-12-4-6-24-7-5-12/h1-9,11H,10H2,(H,25,27)(H,26,28). The number of hydrogen-bond acceptors (Lipinski definition) is 5. The molecule has 2 aromatic heterocycles. The van der Waals surface area contributed by atoms with Gasteiger partial charge in [-0.05, 0) is 42.0 Å². The average molecular weight is 423 g/mol. The van der Waals surface area contributed by atoms with Crippen molar-refractivity contribution in [3.8, 4) is 5.75 Å². The van der Waals surface area contributed by atoms with Gasteiger partial charge in [-0.3, -0.25) is 4.98 Å². The SMILES string of the molecule is O=C(NCc1ccncc1)Oc1cnc(Nc2cccc(Cl)c2)cc1C(F)(F)F. The minimum absolute atomic E-state index is 0.0739. The monoisotopic (exact) mass is 422 g/mol. The second-order valence-corrected chi connectivity index (χ2v) is 6.23. The molecule has 0 unspecified atom stereocenters. The third-order valence-corrected chi connectivity index (χ3v) is 3.89. The molecule has 150 valence electrons. The fourth-order valence-electron chi connectivity index (χ4n) is 2.34. The van der Waals surface area contributed by atoms with E-state index in [2.05, 4.69) is 20.6 Å². The Morgan fingerprint density at radius 3 is 2.59 bits per heavy atom. The van der Waals surface area contributed by atoms with Crippen LogP contribution in [0.1, 0.15) is 11.1 Å². The average Bonchev–Trinajstić information content (AvgIpc) is 2.68. The topological polar surface area (TPSA) is 76.1 Å². The molecule has 3 rings (SSSR count).